The van der Waals surface area contributed by atoms with Crippen LogP contribution in [0.5, 0.6) is 17.2 Å². The topological polar surface area (TPSA) is 96.0 Å². The molecule has 4 rings (SSSR count). The summed E-state index contributed by atoms with van der Waals surface area (Å²) in [6.45, 7) is 1.44. The van der Waals surface area contributed by atoms with E-state index in [4.69, 9.17) is 18.9 Å². The zero-order valence-corrected chi connectivity index (χ0v) is 15.9. The predicted octanol–water partition coefficient (Wildman–Crippen LogP) is 3.08. The van der Waals surface area contributed by atoms with E-state index < -0.39 is 18.5 Å². The van der Waals surface area contributed by atoms with Gasteiger partial charge >= 0.3 is 5.97 Å². The number of hydrogen-bond donors (Lipinski definition) is 1. The number of methoxy groups -OCH3 is 1. The minimum absolute atomic E-state index is 0.148. The molecule has 0 saturated carbocycles. The van der Waals surface area contributed by atoms with Crippen molar-refractivity contribution < 1.29 is 28.5 Å². The molecule has 2 heterocycles. The highest BCUT2D eigenvalue weighted by Crippen LogP contribution is 2.34. The molecular formula is C21H18N2O6. The maximum absolute atomic E-state index is 12.5. The van der Waals surface area contributed by atoms with Crippen LogP contribution in [0, 0.1) is 6.92 Å². The van der Waals surface area contributed by atoms with Crippen LogP contribution in [0.3, 0.4) is 0 Å². The number of nitrogens with zero attached hydrogens (tertiary/aromatic N) is 1. The summed E-state index contributed by atoms with van der Waals surface area (Å²) in [5.41, 5.74) is 2.07. The lowest BCUT2D eigenvalue weighted by Crippen LogP contribution is -2.21. The van der Waals surface area contributed by atoms with E-state index >= 15 is 0 Å². The summed E-state index contributed by atoms with van der Waals surface area (Å²) >= 11 is 0. The third-order valence-corrected chi connectivity index (χ3v) is 4.42. The number of anilines is 1. The molecular weight excluding hydrogens is 376 g/mol. The molecule has 29 heavy (non-hydrogen) atoms. The number of nitrogens with one attached hydrogen (secondary N) is 1. The molecule has 1 aliphatic heterocycles. The normalized spacial score (nSPS) is 11.9. The first-order valence-corrected chi connectivity index (χ1v) is 8.85. The Kier molecular flexibility index (Phi) is 4.90. The van der Waals surface area contributed by atoms with Gasteiger partial charge in [0.05, 0.1) is 23.9 Å². The maximum Gasteiger partial charge on any atom is 0.340 e. The lowest BCUT2D eigenvalue weighted by Gasteiger charge is -2.10. The molecule has 1 N–H and O–H groups in total. The fourth-order valence-corrected chi connectivity index (χ4v) is 2.96. The van der Waals surface area contributed by atoms with Gasteiger partial charge in [-0.3, -0.25) is 9.78 Å². The minimum Gasteiger partial charge on any atom is -0.497 e. The molecule has 0 fully saturated rings. The molecule has 3 aromatic rings. The summed E-state index contributed by atoms with van der Waals surface area (Å²) in [6, 6.07) is 12.1. The fraction of sp³-hybridized carbons (Fsp3) is 0.190. The van der Waals surface area contributed by atoms with Crippen LogP contribution in [0.2, 0.25) is 0 Å². The van der Waals surface area contributed by atoms with E-state index in [1.54, 1.807) is 50.4 Å². The number of ether oxygens (including phenoxy) is 4. The number of benzene rings is 2. The van der Waals surface area contributed by atoms with Crippen molar-refractivity contribution in [2.24, 2.45) is 0 Å². The third-order valence-electron chi connectivity index (χ3n) is 4.42. The second kappa shape index (κ2) is 7.67. The van der Waals surface area contributed by atoms with Gasteiger partial charge in [-0.25, -0.2) is 4.79 Å². The SMILES string of the molecule is COc1ccc2nc(C)c(C(=O)OCC(=O)Nc3ccc4c(c3)OCO4)cc2c1. The molecule has 1 amide bonds. The Morgan fingerprint density at radius 1 is 1.10 bits per heavy atom. The van der Waals surface area contributed by atoms with Crippen molar-refractivity contribution in [3.63, 3.8) is 0 Å². The van der Waals surface area contributed by atoms with Gasteiger partial charge in [0, 0.05) is 17.1 Å². The molecule has 8 heteroatoms. The van der Waals surface area contributed by atoms with Gasteiger partial charge < -0.3 is 24.3 Å². The average molecular weight is 394 g/mol. The van der Waals surface area contributed by atoms with Crippen LogP contribution in [-0.2, 0) is 9.53 Å². The highest BCUT2D eigenvalue weighted by atomic mass is 16.7. The van der Waals surface area contributed by atoms with E-state index in [-0.39, 0.29) is 6.79 Å². The molecule has 0 atom stereocenters. The first-order chi connectivity index (χ1) is 14.0. The number of hydrogen-bond acceptors (Lipinski definition) is 7. The smallest absolute Gasteiger partial charge is 0.340 e. The second-order valence-electron chi connectivity index (χ2n) is 6.37. The van der Waals surface area contributed by atoms with Crippen molar-refractivity contribution in [2.45, 2.75) is 6.92 Å². The van der Waals surface area contributed by atoms with Crippen molar-refractivity contribution in [3.8, 4) is 17.2 Å². The third kappa shape index (κ3) is 3.91. The summed E-state index contributed by atoms with van der Waals surface area (Å²) in [7, 11) is 1.57. The van der Waals surface area contributed by atoms with Gasteiger partial charge in [0.1, 0.15) is 5.75 Å². The number of carbonyl (C=O) groups excluding carboxylic acids is 2. The highest BCUT2D eigenvalue weighted by molar-refractivity contribution is 5.98. The molecule has 8 nitrogen and oxygen atoms in total. The van der Waals surface area contributed by atoms with Gasteiger partial charge in [0.2, 0.25) is 6.79 Å². The van der Waals surface area contributed by atoms with Crippen LogP contribution < -0.4 is 19.5 Å². The van der Waals surface area contributed by atoms with E-state index in [0.29, 0.717) is 34.2 Å². The maximum atomic E-state index is 12.5. The Morgan fingerprint density at radius 2 is 1.93 bits per heavy atom. The van der Waals surface area contributed by atoms with E-state index in [0.717, 1.165) is 10.9 Å². The van der Waals surface area contributed by atoms with E-state index in [9.17, 15) is 9.59 Å². The lowest BCUT2D eigenvalue weighted by molar-refractivity contribution is -0.119. The van der Waals surface area contributed by atoms with Gasteiger partial charge in [-0.15, -0.1) is 0 Å². The van der Waals surface area contributed by atoms with Crippen molar-refractivity contribution in [2.75, 3.05) is 25.8 Å². The second-order valence-corrected chi connectivity index (χ2v) is 6.37. The molecule has 2 aromatic carbocycles. The first-order valence-electron chi connectivity index (χ1n) is 8.85. The molecule has 0 saturated heterocycles. The number of amides is 1. The Labute approximate surface area is 166 Å². The number of pyridine rings is 1. The van der Waals surface area contributed by atoms with E-state index in [2.05, 4.69) is 10.3 Å². The first kappa shape index (κ1) is 18.5. The van der Waals surface area contributed by atoms with Gasteiger partial charge in [0.25, 0.3) is 5.91 Å². The quantitative estimate of drug-likeness (QED) is 0.665. The number of fused-ring (bicyclic) bond motifs is 2. The minimum atomic E-state index is -0.624. The van der Waals surface area contributed by atoms with Crippen molar-refractivity contribution in [1.82, 2.24) is 4.98 Å². The average Bonchev–Trinajstić information content (AvgIpc) is 3.19. The lowest BCUT2D eigenvalue weighted by atomic mass is 10.1. The molecule has 0 aliphatic carbocycles. The fourth-order valence-electron chi connectivity index (χ4n) is 2.96. The Hall–Kier alpha value is -3.81. The summed E-state index contributed by atoms with van der Waals surface area (Å²) in [5, 5.41) is 3.40. The number of aryl methyl sites for hydroxylation is 1. The van der Waals surface area contributed by atoms with Crippen LogP contribution in [0.4, 0.5) is 5.69 Å². The van der Waals surface area contributed by atoms with Crippen LogP contribution in [0.1, 0.15) is 16.1 Å². The molecule has 148 valence electrons. The van der Waals surface area contributed by atoms with E-state index in [1.165, 1.54) is 0 Å². The number of rotatable bonds is 5. The van der Waals surface area contributed by atoms with Crippen molar-refractivity contribution >= 4 is 28.5 Å². The Bertz CT molecular complexity index is 1110. The van der Waals surface area contributed by atoms with Crippen LogP contribution in [0.25, 0.3) is 10.9 Å². The zero-order valence-electron chi connectivity index (χ0n) is 15.9. The number of aromatic nitrogens is 1. The van der Waals surface area contributed by atoms with Gasteiger partial charge in [-0.1, -0.05) is 0 Å². The monoisotopic (exact) mass is 394 g/mol. The molecule has 0 spiro atoms. The largest absolute Gasteiger partial charge is 0.497 e. The zero-order chi connectivity index (χ0) is 20.4. The van der Waals surface area contributed by atoms with Crippen molar-refractivity contribution in [1.29, 1.82) is 0 Å². The summed E-state index contributed by atoms with van der Waals surface area (Å²) < 4.78 is 20.9. The molecule has 1 aromatic heterocycles. The summed E-state index contributed by atoms with van der Waals surface area (Å²) in [5.74, 6) is 0.731. The van der Waals surface area contributed by atoms with Crippen LogP contribution in [0.15, 0.2) is 42.5 Å². The number of esters is 1. The van der Waals surface area contributed by atoms with Gasteiger partial charge in [-0.2, -0.15) is 0 Å². The number of carbonyl (C=O) groups is 2. The van der Waals surface area contributed by atoms with Gasteiger partial charge in [0.15, 0.2) is 18.1 Å². The molecule has 0 unspecified atom stereocenters. The van der Waals surface area contributed by atoms with Gasteiger partial charge in [-0.05, 0) is 43.3 Å². The van der Waals surface area contributed by atoms with Crippen LogP contribution >= 0.6 is 0 Å². The predicted molar refractivity (Wildman–Crippen MR) is 105 cm³/mol. The molecule has 1 aliphatic rings. The Morgan fingerprint density at radius 3 is 2.76 bits per heavy atom. The highest BCUT2D eigenvalue weighted by Gasteiger charge is 2.17. The molecule has 0 radical (unpaired) electrons. The standard InChI is InChI=1S/C21H18N2O6/c1-12-16(8-13-7-15(26-2)4-5-17(13)22-12)21(25)27-10-20(24)23-14-3-6-18-19(9-14)29-11-28-18/h3-9H,10-11H2,1-2H3,(H,23,24). The summed E-state index contributed by atoms with van der Waals surface area (Å²) in [6.07, 6.45) is 0. The van der Waals surface area contributed by atoms with E-state index in [1.807, 2.05) is 6.07 Å². The summed E-state index contributed by atoms with van der Waals surface area (Å²) in [4.78, 5) is 29.0. The van der Waals surface area contributed by atoms with Crippen molar-refractivity contribution in [3.05, 3.63) is 53.7 Å². The van der Waals surface area contributed by atoms with Crippen LogP contribution in [-0.4, -0.2) is 37.4 Å². The Balaban J connectivity index is 1.42. The molecule has 0 bridgehead atoms.